The van der Waals surface area contributed by atoms with Crippen LogP contribution in [0.4, 0.5) is 0 Å². The Bertz CT molecular complexity index is 289. The van der Waals surface area contributed by atoms with Crippen molar-refractivity contribution in [2.45, 2.75) is 43.6 Å². The van der Waals surface area contributed by atoms with E-state index in [0.717, 1.165) is 13.0 Å². The van der Waals surface area contributed by atoms with Crippen molar-refractivity contribution in [1.29, 1.82) is 0 Å². The first-order valence-electron chi connectivity index (χ1n) is 5.62. The van der Waals surface area contributed by atoms with Gasteiger partial charge in [0.25, 0.3) is 0 Å². The highest BCUT2D eigenvalue weighted by molar-refractivity contribution is 6.21. The molecular formula is C12H17ClN2. The molecule has 1 heterocycles. The van der Waals surface area contributed by atoms with Crippen molar-refractivity contribution in [3.8, 4) is 0 Å². The summed E-state index contributed by atoms with van der Waals surface area (Å²) in [7, 11) is 0. The predicted molar refractivity (Wildman–Crippen MR) is 63.0 cm³/mol. The standard InChI is InChI=1S/C12H17ClN2/c13-11-3-1-2-4-12(11)15-9-10-5-7-14-8-6-10/h5-8,11-12,15H,1-4,9H2. The second-order valence-electron chi connectivity index (χ2n) is 4.14. The molecule has 15 heavy (non-hydrogen) atoms. The highest BCUT2D eigenvalue weighted by atomic mass is 35.5. The van der Waals surface area contributed by atoms with E-state index in [-0.39, 0.29) is 0 Å². The molecule has 0 aromatic carbocycles. The van der Waals surface area contributed by atoms with Gasteiger partial charge in [0.1, 0.15) is 0 Å². The minimum atomic E-state index is 0.306. The molecule has 1 fully saturated rings. The van der Waals surface area contributed by atoms with E-state index in [9.17, 15) is 0 Å². The minimum absolute atomic E-state index is 0.306. The maximum absolute atomic E-state index is 6.27. The largest absolute Gasteiger partial charge is 0.308 e. The Hall–Kier alpha value is -0.600. The molecule has 0 radical (unpaired) electrons. The average molecular weight is 225 g/mol. The van der Waals surface area contributed by atoms with Gasteiger partial charge in [-0.2, -0.15) is 0 Å². The normalized spacial score (nSPS) is 26.5. The lowest BCUT2D eigenvalue weighted by atomic mass is 9.95. The summed E-state index contributed by atoms with van der Waals surface area (Å²) in [6, 6.07) is 4.56. The molecule has 2 nitrogen and oxygen atoms in total. The molecule has 2 unspecified atom stereocenters. The van der Waals surface area contributed by atoms with Crippen LogP contribution in [0.25, 0.3) is 0 Å². The summed E-state index contributed by atoms with van der Waals surface area (Å²) in [5, 5.41) is 3.83. The Morgan fingerprint density at radius 1 is 1.27 bits per heavy atom. The smallest absolute Gasteiger partial charge is 0.0489 e. The van der Waals surface area contributed by atoms with Gasteiger partial charge in [0.15, 0.2) is 0 Å². The van der Waals surface area contributed by atoms with Crippen molar-refractivity contribution >= 4 is 11.6 Å². The molecule has 82 valence electrons. The molecule has 0 spiro atoms. The molecule has 2 rings (SSSR count). The predicted octanol–water partition coefficient (Wildman–Crippen LogP) is 2.72. The zero-order valence-corrected chi connectivity index (χ0v) is 9.58. The summed E-state index contributed by atoms with van der Waals surface area (Å²) in [5.41, 5.74) is 1.28. The molecule has 3 heteroatoms. The first-order chi connectivity index (χ1) is 7.36. The summed E-state index contributed by atoms with van der Waals surface area (Å²) in [6.07, 6.45) is 8.60. The molecule has 1 aliphatic rings. The molecule has 1 aromatic rings. The number of alkyl halides is 1. The van der Waals surface area contributed by atoms with Gasteiger partial charge in [0, 0.05) is 30.4 Å². The van der Waals surface area contributed by atoms with Crippen molar-refractivity contribution in [2.24, 2.45) is 0 Å². The van der Waals surface area contributed by atoms with Crippen molar-refractivity contribution in [3.05, 3.63) is 30.1 Å². The van der Waals surface area contributed by atoms with E-state index in [1.807, 2.05) is 24.5 Å². The number of nitrogens with one attached hydrogen (secondary N) is 1. The van der Waals surface area contributed by atoms with Crippen LogP contribution in [0.1, 0.15) is 31.2 Å². The van der Waals surface area contributed by atoms with E-state index >= 15 is 0 Å². The van der Waals surface area contributed by atoms with Crippen molar-refractivity contribution in [2.75, 3.05) is 0 Å². The maximum atomic E-state index is 6.27. The zero-order valence-electron chi connectivity index (χ0n) is 8.82. The van der Waals surface area contributed by atoms with E-state index in [4.69, 9.17) is 11.6 Å². The molecule has 0 aliphatic heterocycles. The van der Waals surface area contributed by atoms with Gasteiger partial charge in [0.2, 0.25) is 0 Å². The monoisotopic (exact) mass is 224 g/mol. The van der Waals surface area contributed by atoms with Gasteiger partial charge < -0.3 is 5.32 Å². The lowest BCUT2D eigenvalue weighted by Gasteiger charge is -2.28. The number of aromatic nitrogens is 1. The zero-order chi connectivity index (χ0) is 10.5. The SMILES string of the molecule is ClC1CCCCC1NCc1ccncc1. The highest BCUT2D eigenvalue weighted by Crippen LogP contribution is 2.23. The van der Waals surface area contributed by atoms with E-state index in [1.165, 1.54) is 24.8 Å². The third-order valence-corrected chi connectivity index (χ3v) is 3.52. The van der Waals surface area contributed by atoms with Crippen LogP contribution in [0.15, 0.2) is 24.5 Å². The van der Waals surface area contributed by atoms with Gasteiger partial charge in [-0.05, 0) is 30.5 Å². The maximum Gasteiger partial charge on any atom is 0.0489 e. The van der Waals surface area contributed by atoms with Gasteiger partial charge in [-0.25, -0.2) is 0 Å². The first-order valence-corrected chi connectivity index (χ1v) is 6.06. The van der Waals surface area contributed by atoms with Crippen LogP contribution < -0.4 is 5.32 Å². The fourth-order valence-corrected chi connectivity index (χ4v) is 2.43. The van der Waals surface area contributed by atoms with E-state index < -0.39 is 0 Å². The lowest BCUT2D eigenvalue weighted by Crippen LogP contribution is -2.38. The quantitative estimate of drug-likeness (QED) is 0.799. The second kappa shape index (κ2) is 5.47. The van der Waals surface area contributed by atoms with Crippen LogP contribution in [-0.4, -0.2) is 16.4 Å². The molecular weight excluding hydrogens is 208 g/mol. The topological polar surface area (TPSA) is 24.9 Å². The summed E-state index contributed by atoms with van der Waals surface area (Å²) in [5.74, 6) is 0. The fraction of sp³-hybridized carbons (Fsp3) is 0.583. The third kappa shape index (κ3) is 3.18. The van der Waals surface area contributed by atoms with Crippen LogP contribution in [0.3, 0.4) is 0 Å². The summed E-state index contributed by atoms with van der Waals surface area (Å²) >= 11 is 6.27. The number of hydrogen-bond acceptors (Lipinski definition) is 2. The van der Waals surface area contributed by atoms with Crippen LogP contribution >= 0.6 is 11.6 Å². The first kappa shape index (κ1) is 10.9. The molecule has 1 saturated carbocycles. The molecule has 1 aliphatic carbocycles. The summed E-state index contributed by atoms with van der Waals surface area (Å²) in [6.45, 7) is 0.899. The number of pyridine rings is 1. The Morgan fingerprint density at radius 2 is 2.00 bits per heavy atom. The number of halogens is 1. The molecule has 2 atom stereocenters. The minimum Gasteiger partial charge on any atom is -0.308 e. The molecule has 0 saturated heterocycles. The van der Waals surface area contributed by atoms with Crippen LogP contribution in [0.5, 0.6) is 0 Å². The summed E-state index contributed by atoms with van der Waals surface area (Å²) < 4.78 is 0. The average Bonchev–Trinajstić information content (AvgIpc) is 2.29. The van der Waals surface area contributed by atoms with Crippen LogP contribution in [0.2, 0.25) is 0 Å². The van der Waals surface area contributed by atoms with Gasteiger partial charge >= 0.3 is 0 Å². The summed E-state index contributed by atoms with van der Waals surface area (Å²) in [4.78, 5) is 4.00. The Labute approximate surface area is 96.1 Å². The van der Waals surface area contributed by atoms with Gasteiger partial charge in [-0.3, -0.25) is 4.98 Å². The van der Waals surface area contributed by atoms with Crippen molar-refractivity contribution in [3.63, 3.8) is 0 Å². The Morgan fingerprint density at radius 3 is 2.73 bits per heavy atom. The Balaban J connectivity index is 1.82. The van der Waals surface area contributed by atoms with Gasteiger partial charge in [0.05, 0.1) is 0 Å². The fourth-order valence-electron chi connectivity index (χ4n) is 2.07. The van der Waals surface area contributed by atoms with Crippen LogP contribution in [-0.2, 0) is 6.54 Å². The van der Waals surface area contributed by atoms with Gasteiger partial charge in [-0.1, -0.05) is 12.8 Å². The van der Waals surface area contributed by atoms with Gasteiger partial charge in [-0.15, -0.1) is 11.6 Å². The molecule has 1 N–H and O–H groups in total. The third-order valence-electron chi connectivity index (χ3n) is 3.00. The van der Waals surface area contributed by atoms with E-state index in [1.54, 1.807) is 0 Å². The second-order valence-corrected chi connectivity index (χ2v) is 4.70. The van der Waals surface area contributed by atoms with Crippen molar-refractivity contribution in [1.82, 2.24) is 10.3 Å². The van der Waals surface area contributed by atoms with Crippen molar-refractivity contribution < 1.29 is 0 Å². The number of nitrogens with zero attached hydrogens (tertiary/aromatic N) is 1. The number of rotatable bonds is 3. The molecule has 1 aromatic heterocycles. The Kier molecular flexibility index (Phi) is 3.98. The lowest BCUT2D eigenvalue weighted by molar-refractivity contribution is 0.378. The highest BCUT2D eigenvalue weighted by Gasteiger charge is 2.22. The number of hydrogen-bond donors (Lipinski definition) is 1. The molecule has 0 amide bonds. The molecule has 0 bridgehead atoms. The van der Waals surface area contributed by atoms with Crippen LogP contribution in [0, 0.1) is 0 Å². The van der Waals surface area contributed by atoms with E-state index in [0.29, 0.717) is 11.4 Å². The van der Waals surface area contributed by atoms with E-state index in [2.05, 4.69) is 10.3 Å².